The molecule has 7 heteroatoms. The van der Waals surface area contributed by atoms with Crippen LogP contribution in [0.25, 0.3) is 0 Å². The Morgan fingerprint density at radius 2 is 2.05 bits per heavy atom. The van der Waals surface area contributed by atoms with Crippen LogP contribution in [0.3, 0.4) is 0 Å². The van der Waals surface area contributed by atoms with Gasteiger partial charge >= 0.3 is 0 Å². The van der Waals surface area contributed by atoms with Crippen LogP contribution in [0.4, 0.5) is 0 Å². The van der Waals surface area contributed by atoms with E-state index in [2.05, 4.69) is 5.32 Å². The second-order valence-corrected chi connectivity index (χ2v) is 6.10. The number of benzene rings is 1. The normalized spacial score (nSPS) is 18.1. The Hall–Kier alpha value is -1.30. The summed E-state index contributed by atoms with van der Waals surface area (Å²) in [6.07, 6.45) is 2.98. The molecule has 0 aliphatic carbocycles. The summed E-state index contributed by atoms with van der Waals surface area (Å²) in [5.74, 6) is -0.461. The Morgan fingerprint density at radius 1 is 1.27 bits per heavy atom. The largest absolute Gasteiger partial charge is 0.343 e. The first-order chi connectivity index (χ1) is 10.5. The third-order valence-corrected chi connectivity index (χ3v) is 4.54. The number of carbonyl (C=O) groups excluding carboxylic acids is 2. The molecule has 0 bridgehead atoms. The van der Waals surface area contributed by atoms with E-state index in [-0.39, 0.29) is 24.4 Å². The van der Waals surface area contributed by atoms with Crippen LogP contribution in [-0.4, -0.2) is 42.4 Å². The van der Waals surface area contributed by atoms with Crippen LogP contribution in [0.5, 0.6) is 0 Å². The number of nitrogens with zero attached hydrogens (tertiary/aromatic N) is 1. The molecule has 1 fully saturated rings. The monoisotopic (exact) mass is 343 g/mol. The summed E-state index contributed by atoms with van der Waals surface area (Å²) in [6, 6.07) is 4.67. The molecule has 120 valence electrons. The second kappa shape index (κ2) is 7.81. The van der Waals surface area contributed by atoms with Gasteiger partial charge in [-0.15, -0.1) is 0 Å². The van der Waals surface area contributed by atoms with Crippen molar-refractivity contribution in [3.05, 3.63) is 33.8 Å². The van der Waals surface area contributed by atoms with Crippen LogP contribution in [0.1, 0.15) is 29.6 Å². The SMILES string of the molecule is NCC1CCCCN1C(=O)CNC(=O)c1ccc(Cl)c(Cl)c1. The number of piperidine rings is 1. The van der Waals surface area contributed by atoms with Gasteiger partial charge in [-0.05, 0) is 37.5 Å². The van der Waals surface area contributed by atoms with Crippen molar-refractivity contribution in [1.29, 1.82) is 0 Å². The first-order valence-electron chi connectivity index (χ1n) is 7.25. The molecule has 3 N–H and O–H groups in total. The fraction of sp³-hybridized carbons (Fsp3) is 0.467. The minimum atomic E-state index is -0.353. The zero-order valence-electron chi connectivity index (χ0n) is 12.1. The number of halogens is 2. The van der Waals surface area contributed by atoms with Gasteiger partial charge in [0.1, 0.15) is 0 Å². The van der Waals surface area contributed by atoms with Gasteiger partial charge in [-0.25, -0.2) is 0 Å². The summed E-state index contributed by atoms with van der Waals surface area (Å²) in [6.45, 7) is 1.10. The molecule has 0 saturated carbocycles. The average molecular weight is 344 g/mol. The Balaban J connectivity index is 1.92. The summed E-state index contributed by atoms with van der Waals surface area (Å²) in [5, 5.41) is 3.30. The van der Waals surface area contributed by atoms with E-state index in [1.807, 2.05) is 0 Å². The highest BCUT2D eigenvalue weighted by Crippen LogP contribution is 2.22. The van der Waals surface area contributed by atoms with Gasteiger partial charge in [0.2, 0.25) is 5.91 Å². The second-order valence-electron chi connectivity index (χ2n) is 5.28. The number of nitrogens with one attached hydrogen (secondary N) is 1. The Labute approximate surface area is 139 Å². The van der Waals surface area contributed by atoms with Crippen LogP contribution >= 0.6 is 23.2 Å². The topological polar surface area (TPSA) is 75.4 Å². The van der Waals surface area contributed by atoms with Gasteiger partial charge in [-0.2, -0.15) is 0 Å². The number of likely N-dealkylation sites (tertiary alicyclic amines) is 1. The number of rotatable bonds is 4. The molecule has 1 aromatic carbocycles. The molecule has 1 atom stereocenters. The van der Waals surface area contributed by atoms with Crippen molar-refractivity contribution >= 4 is 35.0 Å². The fourth-order valence-corrected chi connectivity index (χ4v) is 2.87. The molecular formula is C15H19Cl2N3O2. The van der Waals surface area contributed by atoms with E-state index < -0.39 is 0 Å². The van der Waals surface area contributed by atoms with E-state index in [9.17, 15) is 9.59 Å². The van der Waals surface area contributed by atoms with Gasteiger partial charge in [-0.1, -0.05) is 23.2 Å². The number of hydrogen-bond donors (Lipinski definition) is 2. The summed E-state index contributed by atoms with van der Waals surface area (Å²) in [5.41, 5.74) is 6.07. The quantitative estimate of drug-likeness (QED) is 0.878. The molecular weight excluding hydrogens is 325 g/mol. The highest BCUT2D eigenvalue weighted by atomic mass is 35.5. The van der Waals surface area contributed by atoms with Gasteiger partial charge in [0, 0.05) is 24.7 Å². The van der Waals surface area contributed by atoms with Gasteiger partial charge in [0.25, 0.3) is 5.91 Å². The van der Waals surface area contributed by atoms with Crippen molar-refractivity contribution in [2.45, 2.75) is 25.3 Å². The zero-order chi connectivity index (χ0) is 16.1. The summed E-state index contributed by atoms with van der Waals surface area (Å²) >= 11 is 11.7. The third-order valence-electron chi connectivity index (χ3n) is 3.80. The maximum absolute atomic E-state index is 12.2. The lowest BCUT2D eigenvalue weighted by atomic mass is 10.0. The molecule has 1 aromatic rings. The summed E-state index contributed by atoms with van der Waals surface area (Å²) in [7, 11) is 0. The average Bonchev–Trinajstić information content (AvgIpc) is 2.54. The van der Waals surface area contributed by atoms with Crippen LogP contribution in [0.15, 0.2) is 18.2 Å². The lowest BCUT2D eigenvalue weighted by Crippen LogP contribution is -2.50. The molecule has 0 radical (unpaired) electrons. The van der Waals surface area contributed by atoms with Crippen LogP contribution in [0, 0.1) is 0 Å². The Bertz CT molecular complexity index is 566. The van der Waals surface area contributed by atoms with E-state index in [0.717, 1.165) is 19.3 Å². The predicted molar refractivity (Wildman–Crippen MR) is 87.2 cm³/mol. The van der Waals surface area contributed by atoms with Crippen molar-refractivity contribution < 1.29 is 9.59 Å². The molecule has 22 heavy (non-hydrogen) atoms. The fourth-order valence-electron chi connectivity index (χ4n) is 2.57. The first-order valence-corrected chi connectivity index (χ1v) is 8.01. The van der Waals surface area contributed by atoms with Crippen molar-refractivity contribution in [3.63, 3.8) is 0 Å². The van der Waals surface area contributed by atoms with Gasteiger partial charge in [0.15, 0.2) is 0 Å². The Kier molecular flexibility index (Phi) is 6.06. The van der Waals surface area contributed by atoms with Crippen LogP contribution in [-0.2, 0) is 4.79 Å². The number of nitrogens with two attached hydrogens (primary N) is 1. The van der Waals surface area contributed by atoms with Gasteiger partial charge < -0.3 is 16.0 Å². The standard InChI is InChI=1S/C15H19Cl2N3O2/c16-12-5-4-10(7-13(12)17)15(22)19-9-14(21)20-6-2-1-3-11(20)8-18/h4-5,7,11H,1-3,6,8-9,18H2,(H,19,22). The highest BCUT2D eigenvalue weighted by molar-refractivity contribution is 6.42. The van der Waals surface area contributed by atoms with Crippen molar-refractivity contribution in [1.82, 2.24) is 10.2 Å². The molecule has 0 spiro atoms. The molecule has 0 aromatic heterocycles. The molecule has 1 saturated heterocycles. The van der Waals surface area contributed by atoms with Crippen molar-refractivity contribution in [2.75, 3.05) is 19.6 Å². The lowest BCUT2D eigenvalue weighted by molar-refractivity contribution is -0.133. The Morgan fingerprint density at radius 3 is 2.73 bits per heavy atom. The molecule has 1 aliphatic heterocycles. The predicted octanol–water partition coefficient (Wildman–Crippen LogP) is 2.06. The van der Waals surface area contributed by atoms with Crippen molar-refractivity contribution in [2.24, 2.45) is 5.73 Å². The molecule has 1 unspecified atom stereocenters. The molecule has 2 rings (SSSR count). The van der Waals surface area contributed by atoms with E-state index in [0.29, 0.717) is 28.7 Å². The van der Waals surface area contributed by atoms with E-state index in [1.54, 1.807) is 17.0 Å². The molecule has 1 heterocycles. The smallest absolute Gasteiger partial charge is 0.251 e. The van der Waals surface area contributed by atoms with Crippen LogP contribution in [0.2, 0.25) is 10.0 Å². The summed E-state index contributed by atoms with van der Waals surface area (Å²) in [4.78, 5) is 26.0. The van der Waals surface area contributed by atoms with Gasteiger partial charge in [0.05, 0.1) is 16.6 Å². The lowest BCUT2D eigenvalue weighted by Gasteiger charge is -2.35. The minimum Gasteiger partial charge on any atom is -0.343 e. The van der Waals surface area contributed by atoms with E-state index >= 15 is 0 Å². The molecule has 5 nitrogen and oxygen atoms in total. The number of carbonyl (C=O) groups is 2. The van der Waals surface area contributed by atoms with Crippen LogP contribution < -0.4 is 11.1 Å². The van der Waals surface area contributed by atoms with E-state index in [4.69, 9.17) is 28.9 Å². The first kappa shape index (κ1) is 17.1. The van der Waals surface area contributed by atoms with Gasteiger partial charge in [-0.3, -0.25) is 9.59 Å². The zero-order valence-corrected chi connectivity index (χ0v) is 13.7. The van der Waals surface area contributed by atoms with Crippen molar-refractivity contribution in [3.8, 4) is 0 Å². The summed E-state index contributed by atoms with van der Waals surface area (Å²) < 4.78 is 0. The number of amides is 2. The highest BCUT2D eigenvalue weighted by Gasteiger charge is 2.25. The molecule has 1 aliphatic rings. The number of hydrogen-bond acceptors (Lipinski definition) is 3. The minimum absolute atomic E-state index is 0.0461. The third kappa shape index (κ3) is 4.12. The van der Waals surface area contributed by atoms with E-state index in [1.165, 1.54) is 6.07 Å². The maximum atomic E-state index is 12.2. The molecule has 2 amide bonds. The maximum Gasteiger partial charge on any atom is 0.251 e.